The quantitative estimate of drug-likeness (QED) is 0.882. The molecule has 1 aromatic rings. The van der Waals surface area contributed by atoms with Crippen molar-refractivity contribution in [2.75, 3.05) is 26.7 Å². The number of nitrogens with zero attached hydrogens (tertiary/aromatic N) is 1. The summed E-state index contributed by atoms with van der Waals surface area (Å²) in [5.41, 5.74) is 5.77. The topological polar surface area (TPSA) is 44.7 Å². The van der Waals surface area contributed by atoms with E-state index in [0.717, 1.165) is 38.0 Å². The summed E-state index contributed by atoms with van der Waals surface area (Å²) in [5.74, 6) is 0.540. The zero-order valence-electron chi connectivity index (χ0n) is 14.0. The highest BCUT2D eigenvalue weighted by Crippen LogP contribution is 2.39. The standard InChI is InChI=1S/C18H26N2O2/c1-12-9-13(2)16(14(3)10-12)15-11-19-18(17(15)21)5-7-20(22-4)8-6-18/h9-10,19,21H,5-8,11H2,1-4H3. The number of hydrogen-bond donors (Lipinski definition) is 2. The summed E-state index contributed by atoms with van der Waals surface area (Å²) in [6.45, 7) is 8.80. The molecule has 2 N–H and O–H groups in total. The highest BCUT2D eigenvalue weighted by molar-refractivity contribution is 5.77. The van der Waals surface area contributed by atoms with Gasteiger partial charge in [-0.15, -0.1) is 0 Å². The molecule has 0 radical (unpaired) electrons. The van der Waals surface area contributed by atoms with E-state index in [1.165, 1.54) is 22.3 Å². The molecule has 2 aliphatic heterocycles. The monoisotopic (exact) mass is 302 g/mol. The molecule has 0 saturated carbocycles. The van der Waals surface area contributed by atoms with Gasteiger partial charge in [-0.3, -0.25) is 0 Å². The molecular formula is C18H26N2O2. The number of nitrogens with one attached hydrogen (secondary N) is 1. The Hall–Kier alpha value is -1.36. The Balaban J connectivity index is 1.96. The van der Waals surface area contributed by atoms with Gasteiger partial charge in [-0.1, -0.05) is 17.7 Å². The van der Waals surface area contributed by atoms with E-state index in [4.69, 9.17) is 4.84 Å². The second-order valence-corrected chi connectivity index (χ2v) is 6.65. The van der Waals surface area contributed by atoms with Gasteiger partial charge in [0.2, 0.25) is 0 Å². The molecule has 1 fully saturated rings. The Morgan fingerprint density at radius 3 is 2.27 bits per heavy atom. The molecule has 0 amide bonds. The number of benzene rings is 1. The molecule has 3 rings (SSSR count). The molecule has 22 heavy (non-hydrogen) atoms. The molecule has 120 valence electrons. The molecule has 1 spiro atoms. The van der Waals surface area contributed by atoms with Crippen molar-refractivity contribution in [1.82, 2.24) is 10.4 Å². The van der Waals surface area contributed by atoms with Gasteiger partial charge in [-0.05, 0) is 50.3 Å². The number of piperidine rings is 1. The number of aliphatic hydroxyl groups is 1. The van der Waals surface area contributed by atoms with Crippen LogP contribution in [0, 0.1) is 20.8 Å². The van der Waals surface area contributed by atoms with Crippen LogP contribution in [-0.2, 0) is 4.84 Å². The summed E-state index contributed by atoms with van der Waals surface area (Å²) in [7, 11) is 1.71. The van der Waals surface area contributed by atoms with Crippen molar-refractivity contribution >= 4 is 5.57 Å². The fourth-order valence-corrected chi connectivity index (χ4v) is 4.04. The van der Waals surface area contributed by atoms with Gasteiger partial charge in [0, 0.05) is 25.2 Å². The molecule has 0 aliphatic carbocycles. The smallest absolute Gasteiger partial charge is 0.117 e. The molecule has 2 aliphatic rings. The van der Waals surface area contributed by atoms with Gasteiger partial charge in [0.1, 0.15) is 5.76 Å². The number of aryl methyl sites for hydroxylation is 3. The molecule has 0 unspecified atom stereocenters. The number of aliphatic hydroxyl groups excluding tert-OH is 1. The van der Waals surface area contributed by atoms with Crippen LogP contribution in [-0.4, -0.2) is 42.5 Å². The molecule has 2 heterocycles. The van der Waals surface area contributed by atoms with E-state index in [9.17, 15) is 5.11 Å². The van der Waals surface area contributed by atoms with Crippen molar-refractivity contribution in [2.45, 2.75) is 39.2 Å². The SMILES string of the molecule is CON1CCC2(CC1)NCC(c1c(C)cc(C)cc1C)=C2O. The Kier molecular flexibility index (Phi) is 4.02. The lowest BCUT2D eigenvalue weighted by Gasteiger charge is -2.38. The normalized spacial score (nSPS) is 21.8. The van der Waals surface area contributed by atoms with Crippen LogP contribution in [0.1, 0.15) is 35.1 Å². The molecule has 4 nitrogen and oxygen atoms in total. The minimum absolute atomic E-state index is 0.270. The second kappa shape index (κ2) is 5.69. The molecule has 1 aromatic carbocycles. The summed E-state index contributed by atoms with van der Waals surface area (Å²) >= 11 is 0. The van der Waals surface area contributed by atoms with Crippen LogP contribution in [0.15, 0.2) is 17.9 Å². The van der Waals surface area contributed by atoms with Crippen molar-refractivity contribution < 1.29 is 9.94 Å². The van der Waals surface area contributed by atoms with Crippen LogP contribution in [0.2, 0.25) is 0 Å². The summed E-state index contributed by atoms with van der Waals surface area (Å²) in [4.78, 5) is 5.30. The molecule has 0 atom stereocenters. The highest BCUT2D eigenvalue weighted by Gasteiger charge is 2.44. The van der Waals surface area contributed by atoms with E-state index in [-0.39, 0.29) is 5.54 Å². The van der Waals surface area contributed by atoms with Gasteiger partial charge < -0.3 is 15.3 Å². The van der Waals surface area contributed by atoms with Crippen LogP contribution >= 0.6 is 0 Å². The Morgan fingerprint density at radius 1 is 1.14 bits per heavy atom. The van der Waals surface area contributed by atoms with Crippen molar-refractivity contribution in [3.05, 3.63) is 40.1 Å². The van der Waals surface area contributed by atoms with Gasteiger partial charge in [-0.2, -0.15) is 5.06 Å². The fourth-order valence-electron chi connectivity index (χ4n) is 4.04. The van der Waals surface area contributed by atoms with Crippen molar-refractivity contribution in [1.29, 1.82) is 0 Å². The van der Waals surface area contributed by atoms with Crippen molar-refractivity contribution in [3.63, 3.8) is 0 Å². The first-order valence-electron chi connectivity index (χ1n) is 8.02. The van der Waals surface area contributed by atoms with Crippen LogP contribution < -0.4 is 5.32 Å². The largest absolute Gasteiger partial charge is 0.510 e. The van der Waals surface area contributed by atoms with Crippen molar-refractivity contribution in [3.8, 4) is 0 Å². The molecule has 4 heteroatoms. The third kappa shape index (κ3) is 2.45. The van der Waals surface area contributed by atoms with E-state index >= 15 is 0 Å². The van der Waals surface area contributed by atoms with Crippen LogP contribution in [0.5, 0.6) is 0 Å². The van der Waals surface area contributed by atoms with Crippen LogP contribution in [0.25, 0.3) is 5.57 Å². The first-order chi connectivity index (χ1) is 10.5. The minimum Gasteiger partial charge on any atom is -0.510 e. The van der Waals surface area contributed by atoms with Crippen molar-refractivity contribution in [2.24, 2.45) is 0 Å². The Morgan fingerprint density at radius 2 is 1.73 bits per heavy atom. The number of rotatable bonds is 2. The van der Waals surface area contributed by atoms with E-state index in [2.05, 4.69) is 38.2 Å². The van der Waals surface area contributed by atoms with Crippen LogP contribution in [0.3, 0.4) is 0 Å². The molecular weight excluding hydrogens is 276 g/mol. The van der Waals surface area contributed by atoms with E-state index in [1.807, 2.05) is 5.06 Å². The maximum absolute atomic E-state index is 11.0. The lowest BCUT2D eigenvalue weighted by Crippen LogP contribution is -2.51. The lowest BCUT2D eigenvalue weighted by atomic mass is 9.85. The summed E-state index contributed by atoms with van der Waals surface area (Å²) < 4.78 is 0. The summed E-state index contributed by atoms with van der Waals surface area (Å²) in [6, 6.07) is 4.39. The van der Waals surface area contributed by atoms with Gasteiger partial charge in [0.15, 0.2) is 0 Å². The second-order valence-electron chi connectivity index (χ2n) is 6.65. The maximum Gasteiger partial charge on any atom is 0.117 e. The Labute approximate surface area is 132 Å². The molecule has 0 aromatic heterocycles. The third-order valence-electron chi connectivity index (χ3n) is 5.16. The first-order valence-corrected chi connectivity index (χ1v) is 8.02. The van der Waals surface area contributed by atoms with Crippen LogP contribution in [0.4, 0.5) is 0 Å². The average molecular weight is 302 g/mol. The molecule has 0 bridgehead atoms. The summed E-state index contributed by atoms with van der Waals surface area (Å²) in [5, 5.41) is 16.5. The summed E-state index contributed by atoms with van der Waals surface area (Å²) in [6.07, 6.45) is 1.75. The van der Waals surface area contributed by atoms with Gasteiger partial charge >= 0.3 is 0 Å². The Bertz CT molecular complexity index is 591. The minimum atomic E-state index is -0.270. The number of hydroxylamine groups is 2. The third-order valence-corrected chi connectivity index (χ3v) is 5.16. The zero-order valence-corrected chi connectivity index (χ0v) is 14.0. The highest BCUT2D eigenvalue weighted by atomic mass is 16.7. The van der Waals surface area contributed by atoms with Gasteiger partial charge in [0.25, 0.3) is 0 Å². The lowest BCUT2D eigenvalue weighted by molar-refractivity contribution is -0.151. The fraction of sp³-hybridized carbons (Fsp3) is 0.556. The number of hydrogen-bond acceptors (Lipinski definition) is 4. The van der Waals surface area contributed by atoms with E-state index in [0.29, 0.717) is 5.76 Å². The predicted molar refractivity (Wildman–Crippen MR) is 88.8 cm³/mol. The zero-order chi connectivity index (χ0) is 15.9. The molecule has 1 saturated heterocycles. The average Bonchev–Trinajstić information content (AvgIpc) is 2.77. The first kappa shape index (κ1) is 15.5. The predicted octanol–water partition coefficient (Wildman–Crippen LogP) is 2.88. The maximum atomic E-state index is 11.0. The van der Waals surface area contributed by atoms with Gasteiger partial charge in [0.05, 0.1) is 12.6 Å². The van der Waals surface area contributed by atoms with Gasteiger partial charge in [-0.25, -0.2) is 0 Å². The van der Waals surface area contributed by atoms with E-state index < -0.39 is 0 Å². The van der Waals surface area contributed by atoms with E-state index in [1.54, 1.807) is 7.11 Å².